The Labute approximate surface area is 68.8 Å². The topological polar surface area (TPSA) is 46.2 Å². The molecule has 0 saturated heterocycles. The van der Waals surface area contributed by atoms with Crippen molar-refractivity contribution in [1.29, 1.82) is 0 Å². The van der Waals surface area contributed by atoms with Gasteiger partial charge in [-0.1, -0.05) is 0 Å². The number of aliphatic hydroxyl groups excluding tert-OH is 1. The van der Waals surface area contributed by atoms with Crippen LogP contribution in [0.15, 0.2) is 0 Å². The van der Waals surface area contributed by atoms with E-state index < -0.39 is 0 Å². The maximum Gasteiger partial charge on any atom is 0.141 e. The number of rotatable bonds is 3. The van der Waals surface area contributed by atoms with Crippen LogP contribution in [-0.4, -0.2) is 43.5 Å². The summed E-state index contributed by atoms with van der Waals surface area (Å²) in [6.45, 7) is 0.177. The molecule has 0 heterocycles. The third kappa shape index (κ3) is 4.99. The number of nitrogens with two attached hydrogens (primary N) is 1. The molecule has 0 aliphatic rings. The molecule has 10 heavy (non-hydrogen) atoms. The number of aliphatic hydroxyl groups is 1. The first kappa shape index (κ1) is 12.8. The molecule has 0 aromatic rings. The number of nitrogens with zero attached hydrogens (tertiary/aromatic N) is 1. The largest absolute Gasteiger partial charge is 1.00 e. The smallest absolute Gasteiger partial charge is 0.141 e. The third-order valence-electron chi connectivity index (χ3n) is 1.42. The molecule has 3 nitrogen and oxygen atoms in total. The van der Waals surface area contributed by atoms with Crippen LogP contribution in [0.2, 0.25) is 0 Å². The molecule has 0 aliphatic heterocycles. The standard InChI is InChI=1S/C6H17N2O.ClH/c1-8(2,3)6(7)4-5-9;/h6,9H,4-5,7H2,1-3H3;1H/q+1;/p-1. The summed E-state index contributed by atoms with van der Waals surface area (Å²) in [6, 6.07) is 0. The van der Waals surface area contributed by atoms with Gasteiger partial charge in [0.25, 0.3) is 0 Å². The first-order valence-electron chi connectivity index (χ1n) is 3.16. The molecule has 0 rings (SSSR count). The second-order valence-electron chi connectivity index (χ2n) is 3.20. The summed E-state index contributed by atoms with van der Waals surface area (Å²) < 4.78 is 0.709. The van der Waals surface area contributed by atoms with E-state index in [0.29, 0.717) is 10.9 Å². The Bertz CT molecular complexity index is 82.3. The summed E-state index contributed by atoms with van der Waals surface area (Å²) in [5.74, 6) is 0. The zero-order valence-corrected chi connectivity index (χ0v) is 7.60. The quantitative estimate of drug-likeness (QED) is 0.338. The lowest BCUT2D eigenvalue weighted by atomic mass is 10.3. The molecular formula is C6H17ClN2O. The maximum atomic E-state index is 8.51. The summed E-state index contributed by atoms with van der Waals surface area (Å²) in [5, 5.41) is 8.51. The van der Waals surface area contributed by atoms with Gasteiger partial charge in [-0.15, -0.1) is 0 Å². The molecule has 0 radical (unpaired) electrons. The number of quaternary nitrogens is 1. The van der Waals surface area contributed by atoms with Crippen molar-refractivity contribution in [3.05, 3.63) is 0 Å². The second kappa shape index (κ2) is 4.91. The average molecular weight is 169 g/mol. The highest BCUT2D eigenvalue weighted by Gasteiger charge is 2.16. The van der Waals surface area contributed by atoms with Gasteiger partial charge in [0.1, 0.15) is 6.17 Å². The van der Waals surface area contributed by atoms with Gasteiger partial charge in [0.15, 0.2) is 0 Å². The molecule has 0 aromatic carbocycles. The van der Waals surface area contributed by atoms with E-state index in [1.807, 2.05) is 21.1 Å². The van der Waals surface area contributed by atoms with Gasteiger partial charge in [0.05, 0.1) is 27.7 Å². The van der Waals surface area contributed by atoms with Crippen LogP contribution in [0.25, 0.3) is 0 Å². The molecule has 4 heteroatoms. The molecule has 0 spiro atoms. The number of hydrogen-bond donors (Lipinski definition) is 2. The zero-order chi connectivity index (χ0) is 7.49. The highest BCUT2D eigenvalue weighted by Crippen LogP contribution is 1.98. The van der Waals surface area contributed by atoms with Crippen molar-refractivity contribution < 1.29 is 22.0 Å². The molecule has 0 aromatic heterocycles. The van der Waals surface area contributed by atoms with E-state index in [1.165, 1.54) is 0 Å². The highest BCUT2D eigenvalue weighted by molar-refractivity contribution is 4.44. The van der Waals surface area contributed by atoms with E-state index in [2.05, 4.69) is 0 Å². The Morgan fingerprint density at radius 1 is 1.40 bits per heavy atom. The minimum absolute atomic E-state index is 0. The van der Waals surface area contributed by atoms with Gasteiger partial charge < -0.3 is 22.0 Å². The van der Waals surface area contributed by atoms with Crippen molar-refractivity contribution in [2.75, 3.05) is 27.7 Å². The fourth-order valence-electron chi connectivity index (χ4n) is 0.520. The van der Waals surface area contributed by atoms with E-state index in [-0.39, 0.29) is 25.2 Å². The Morgan fingerprint density at radius 2 is 1.80 bits per heavy atom. The van der Waals surface area contributed by atoms with Crippen LogP contribution in [0.4, 0.5) is 0 Å². The van der Waals surface area contributed by atoms with Crippen LogP contribution in [0, 0.1) is 0 Å². The molecular weight excluding hydrogens is 152 g/mol. The van der Waals surface area contributed by atoms with Gasteiger partial charge >= 0.3 is 0 Å². The Morgan fingerprint density at radius 3 is 1.90 bits per heavy atom. The lowest BCUT2D eigenvalue weighted by molar-refractivity contribution is -0.896. The predicted octanol–water partition coefficient (Wildman–Crippen LogP) is -3.64. The Kier molecular flexibility index (Phi) is 6.29. The van der Waals surface area contributed by atoms with E-state index in [0.717, 1.165) is 0 Å². The summed E-state index contributed by atoms with van der Waals surface area (Å²) in [6.07, 6.45) is 0.721. The van der Waals surface area contributed by atoms with E-state index in [9.17, 15) is 0 Å². The summed E-state index contributed by atoms with van der Waals surface area (Å²) in [4.78, 5) is 0. The van der Waals surface area contributed by atoms with Crippen molar-refractivity contribution >= 4 is 0 Å². The van der Waals surface area contributed by atoms with Gasteiger partial charge in [0, 0.05) is 6.42 Å². The molecule has 0 saturated carbocycles. The van der Waals surface area contributed by atoms with Crippen molar-refractivity contribution in [1.82, 2.24) is 0 Å². The monoisotopic (exact) mass is 168 g/mol. The van der Waals surface area contributed by atoms with Crippen molar-refractivity contribution in [3.8, 4) is 0 Å². The summed E-state index contributed by atoms with van der Waals surface area (Å²) >= 11 is 0. The first-order chi connectivity index (χ1) is 3.98. The van der Waals surface area contributed by atoms with Crippen LogP contribution < -0.4 is 18.1 Å². The Balaban J connectivity index is 0. The fourth-order valence-corrected chi connectivity index (χ4v) is 0.520. The van der Waals surface area contributed by atoms with E-state index in [4.69, 9.17) is 10.8 Å². The predicted molar refractivity (Wildman–Crippen MR) is 37.7 cm³/mol. The molecule has 1 unspecified atom stereocenters. The van der Waals surface area contributed by atoms with Gasteiger partial charge in [-0.25, -0.2) is 0 Å². The normalized spacial score (nSPS) is 14.1. The van der Waals surface area contributed by atoms with Crippen LogP contribution in [0.3, 0.4) is 0 Å². The van der Waals surface area contributed by atoms with Crippen LogP contribution in [0.1, 0.15) is 6.42 Å². The molecule has 3 N–H and O–H groups in total. The Hall–Kier alpha value is 0.170. The number of hydrogen-bond acceptors (Lipinski definition) is 2. The first-order valence-corrected chi connectivity index (χ1v) is 3.16. The van der Waals surface area contributed by atoms with Crippen LogP contribution >= 0.6 is 0 Å². The lowest BCUT2D eigenvalue weighted by Crippen LogP contribution is -3.00. The molecule has 0 aliphatic carbocycles. The summed E-state index contributed by atoms with van der Waals surface area (Å²) in [5.41, 5.74) is 5.67. The van der Waals surface area contributed by atoms with Gasteiger partial charge in [0.2, 0.25) is 0 Å². The molecule has 0 bridgehead atoms. The SMILES string of the molecule is C[N+](C)(C)C(N)CCO.[Cl-]. The van der Waals surface area contributed by atoms with Crippen LogP contribution in [-0.2, 0) is 0 Å². The van der Waals surface area contributed by atoms with Crippen molar-refractivity contribution in [3.63, 3.8) is 0 Å². The molecule has 1 atom stereocenters. The minimum Gasteiger partial charge on any atom is -1.00 e. The van der Waals surface area contributed by atoms with E-state index >= 15 is 0 Å². The maximum absolute atomic E-state index is 8.51. The third-order valence-corrected chi connectivity index (χ3v) is 1.42. The van der Waals surface area contributed by atoms with Gasteiger partial charge in [-0.2, -0.15) is 0 Å². The molecule has 0 fully saturated rings. The average Bonchev–Trinajstić information content (AvgIpc) is 1.64. The fraction of sp³-hybridized carbons (Fsp3) is 1.00. The van der Waals surface area contributed by atoms with Crippen molar-refractivity contribution in [2.45, 2.75) is 12.6 Å². The van der Waals surface area contributed by atoms with Gasteiger partial charge in [-0.05, 0) is 0 Å². The minimum atomic E-state index is 0. The van der Waals surface area contributed by atoms with Crippen LogP contribution in [0.5, 0.6) is 0 Å². The molecule has 64 valence electrons. The van der Waals surface area contributed by atoms with Crippen molar-refractivity contribution in [2.24, 2.45) is 5.73 Å². The highest BCUT2D eigenvalue weighted by atomic mass is 35.5. The zero-order valence-electron chi connectivity index (χ0n) is 6.84. The molecule has 0 amide bonds. The number of halogens is 1. The van der Waals surface area contributed by atoms with E-state index in [1.54, 1.807) is 0 Å². The second-order valence-corrected chi connectivity index (χ2v) is 3.20. The lowest BCUT2D eigenvalue weighted by Gasteiger charge is -2.30. The van der Waals surface area contributed by atoms with Gasteiger partial charge in [-0.3, -0.25) is 5.73 Å². The summed E-state index contributed by atoms with van der Waals surface area (Å²) in [7, 11) is 6.04.